The van der Waals surface area contributed by atoms with Gasteiger partial charge in [-0.05, 0) is 63.7 Å². The molecule has 10 rings (SSSR count). The van der Waals surface area contributed by atoms with Gasteiger partial charge in [0.2, 0.25) is 0 Å². The number of rotatable bonds is 9. The predicted octanol–water partition coefficient (Wildman–Crippen LogP) is 13.7. The molecule has 6 nitrogen and oxygen atoms in total. The molecular formula is C54H35ClN6. The van der Waals surface area contributed by atoms with E-state index in [4.69, 9.17) is 41.5 Å². The number of nitrogens with zero attached hydrogens (tertiary/aromatic N) is 6. The van der Waals surface area contributed by atoms with Crippen molar-refractivity contribution in [2.75, 3.05) is 0 Å². The van der Waals surface area contributed by atoms with Crippen molar-refractivity contribution < 1.29 is 0 Å². The van der Waals surface area contributed by atoms with Gasteiger partial charge in [-0.25, -0.2) is 29.9 Å². The van der Waals surface area contributed by atoms with Crippen molar-refractivity contribution >= 4 is 11.6 Å². The summed E-state index contributed by atoms with van der Waals surface area (Å²) in [7, 11) is 0. The van der Waals surface area contributed by atoms with E-state index in [2.05, 4.69) is 91.0 Å². The number of halogens is 1. The maximum atomic E-state index is 6.67. The van der Waals surface area contributed by atoms with E-state index >= 15 is 0 Å². The lowest BCUT2D eigenvalue weighted by atomic mass is 9.91. The summed E-state index contributed by atoms with van der Waals surface area (Å²) in [5, 5.41) is 0.573. The van der Waals surface area contributed by atoms with Gasteiger partial charge in [0.1, 0.15) is 0 Å². The average molecular weight is 803 g/mol. The van der Waals surface area contributed by atoms with Crippen LogP contribution in [0.3, 0.4) is 0 Å². The Bertz CT molecular complexity index is 3070. The molecule has 0 atom stereocenters. The Labute approximate surface area is 359 Å². The molecule has 0 fully saturated rings. The van der Waals surface area contributed by atoms with Gasteiger partial charge in [-0.15, -0.1) is 0 Å². The van der Waals surface area contributed by atoms with Gasteiger partial charge in [-0.2, -0.15) is 0 Å². The van der Waals surface area contributed by atoms with Crippen molar-refractivity contribution in [3.8, 4) is 102 Å². The molecule has 61 heavy (non-hydrogen) atoms. The zero-order valence-electron chi connectivity index (χ0n) is 32.8. The molecule has 8 aromatic carbocycles. The summed E-state index contributed by atoms with van der Waals surface area (Å²) in [5.74, 6) is 3.42. The normalized spacial score (nSPS) is 11.0. The Morgan fingerprint density at radius 3 is 1.00 bits per heavy atom. The number of hydrogen-bond acceptors (Lipinski definition) is 6. The summed E-state index contributed by atoms with van der Waals surface area (Å²) in [4.78, 5) is 30.0. The molecule has 288 valence electrons. The fraction of sp³-hybridized carbons (Fsp3) is 0. The Hall–Kier alpha value is -7.93. The van der Waals surface area contributed by atoms with Crippen molar-refractivity contribution in [3.05, 3.63) is 217 Å². The van der Waals surface area contributed by atoms with Crippen LogP contribution in [0.4, 0.5) is 0 Å². The lowest BCUT2D eigenvalue weighted by Crippen LogP contribution is -2.01. The van der Waals surface area contributed by atoms with Gasteiger partial charge in [-0.3, -0.25) is 0 Å². The van der Waals surface area contributed by atoms with E-state index in [9.17, 15) is 0 Å². The van der Waals surface area contributed by atoms with E-state index in [1.54, 1.807) is 0 Å². The molecule has 0 saturated carbocycles. The topological polar surface area (TPSA) is 77.3 Å². The highest BCUT2D eigenvalue weighted by molar-refractivity contribution is 6.33. The van der Waals surface area contributed by atoms with Crippen LogP contribution in [-0.4, -0.2) is 29.9 Å². The summed E-state index contributed by atoms with van der Waals surface area (Å²) >= 11 is 6.67. The first-order chi connectivity index (χ1) is 30.1. The van der Waals surface area contributed by atoms with Gasteiger partial charge < -0.3 is 0 Å². The second kappa shape index (κ2) is 16.7. The Morgan fingerprint density at radius 2 is 0.525 bits per heavy atom. The molecule has 10 aromatic rings. The molecule has 0 unspecified atom stereocenters. The van der Waals surface area contributed by atoms with Crippen LogP contribution in [0.5, 0.6) is 0 Å². The average Bonchev–Trinajstić information content (AvgIpc) is 3.35. The Balaban J connectivity index is 1.13. The molecule has 2 aromatic heterocycles. The van der Waals surface area contributed by atoms with E-state index in [0.717, 1.165) is 66.8 Å². The minimum atomic E-state index is 0.509. The molecular weight excluding hydrogens is 768 g/mol. The van der Waals surface area contributed by atoms with Crippen LogP contribution in [0.1, 0.15) is 0 Å². The van der Waals surface area contributed by atoms with Crippen molar-refractivity contribution in [1.29, 1.82) is 0 Å². The maximum Gasteiger partial charge on any atom is 0.165 e. The summed E-state index contributed by atoms with van der Waals surface area (Å²) < 4.78 is 0. The molecule has 0 amide bonds. The van der Waals surface area contributed by atoms with Crippen molar-refractivity contribution in [2.45, 2.75) is 0 Å². The first-order valence-corrected chi connectivity index (χ1v) is 20.4. The number of aromatic nitrogens is 6. The third kappa shape index (κ3) is 7.96. The van der Waals surface area contributed by atoms with Crippen LogP contribution in [0.15, 0.2) is 212 Å². The van der Waals surface area contributed by atoms with Crippen LogP contribution in [0.25, 0.3) is 102 Å². The van der Waals surface area contributed by atoms with E-state index in [-0.39, 0.29) is 0 Å². The molecule has 0 N–H and O–H groups in total. The van der Waals surface area contributed by atoms with Crippen LogP contribution in [-0.2, 0) is 0 Å². The minimum Gasteiger partial charge on any atom is -0.208 e. The third-order valence-electron chi connectivity index (χ3n) is 10.5. The van der Waals surface area contributed by atoms with Gasteiger partial charge >= 0.3 is 0 Å². The van der Waals surface area contributed by atoms with E-state index in [1.807, 2.05) is 121 Å². The largest absolute Gasteiger partial charge is 0.208 e. The van der Waals surface area contributed by atoms with E-state index < -0.39 is 0 Å². The lowest BCUT2D eigenvalue weighted by Gasteiger charge is -2.15. The number of hydrogen-bond donors (Lipinski definition) is 0. The van der Waals surface area contributed by atoms with Crippen LogP contribution < -0.4 is 0 Å². The first-order valence-electron chi connectivity index (χ1n) is 20.0. The summed E-state index contributed by atoms with van der Waals surface area (Å²) in [6.45, 7) is 0. The molecule has 7 heteroatoms. The quantitative estimate of drug-likeness (QED) is 0.145. The molecule has 0 spiro atoms. The zero-order chi connectivity index (χ0) is 41.0. The van der Waals surface area contributed by atoms with Gasteiger partial charge in [-0.1, -0.05) is 194 Å². The first kappa shape index (κ1) is 37.3. The Kier molecular flexibility index (Phi) is 10.2. The van der Waals surface area contributed by atoms with Gasteiger partial charge in [0.15, 0.2) is 34.9 Å². The van der Waals surface area contributed by atoms with Gasteiger partial charge in [0, 0.05) is 33.4 Å². The van der Waals surface area contributed by atoms with Gasteiger partial charge in [0.05, 0.1) is 5.02 Å². The molecule has 0 saturated heterocycles. The third-order valence-corrected chi connectivity index (χ3v) is 10.8. The highest BCUT2D eigenvalue weighted by atomic mass is 35.5. The molecule has 0 bridgehead atoms. The van der Waals surface area contributed by atoms with Crippen molar-refractivity contribution in [1.82, 2.24) is 29.9 Å². The molecule has 2 heterocycles. The molecule has 0 aliphatic rings. The SMILES string of the molecule is Clc1ccccc1-c1nc(-c2ccccc2)nc(-c2ccc(-c3cc(-c4nc(-c5ccccc5)nc(-c5ccccc5)n4)cc(-c4ccccc4-c4ccccc4)c3)cc2)n1. The van der Waals surface area contributed by atoms with Crippen molar-refractivity contribution in [2.24, 2.45) is 0 Å². The van der Waals surface area contributed by atoms with Crippen LogP contribution >= 0.6 is 11.6 Å². The molecule has 0 radical (unpaired) electrons. The monoisotopic (exact) mass is 802 g/mol. The minimum absolute atomic E-state index is 0.509. The smallest absolute Gasteiger partial charge is 0.165 e. The molecule has 0 aliphatic heterocycles. The Morgan fingerprint density at radius 1 is 0.213 bits per heavy atom. The van der Waals surface area contributed by atoms with E-state index in [1.165, 1.54) is 0 Å². The van der Waals surface area contributed by atoms with Crippen LogP contribution in [0.2, 0.25) is 5.02 Å². The molecule has 0 aliphatic carbocycles. The highest BCUT2D eigenvalue weighted by Crippen LogP contribution is 2.38. The standard InChI is InChI=1S/C54H35ClN6/c55-48-28-16-15-27-47(48)54-60-51(40-23-11-4-12-24-40)57-52(61-54)41-31-29-36(30-32-41)42-33-43(46-26-14-13-25-45(46)37-17-5-1-6-18-37)35-44(34-42)53-58-49(38-19-7-2-8-20-38)56-50(59-53)39-21-9-3-10-22-39/h1-35H. The summed E-state index contributed by atoms with van der Waals surface area (Å²) in [6.07, 6.45) is 0. The maximum absolute atomic E-state index is 6.67. The fourth-order valence-corrected chi connectivity index (χ4v) is 7.64. The van der Waals surface area contributed by atoms with Crippen molar-refractivity contribution in [3.63, 3.8) is 0 Å². The van der Waals surface area contributed by atoms with Crippen LogP contribution in [0, 0.1) is 0 Å². The second-order valence-electron chi connectivity index (χ2n) is 14.5. The highest BCUT2D eigenvalue weighted by Gasteiger charge is 2.18. The summed E-state index contributed by atoms with van der Waals surface area (Å²) in [6, 6.07) is 71.6. The van der Waals surface area contributed by atoms with E-state index in [0.29, 0.717) is 40.0 Å². The zero-order valence-corrected chi connectivity index (χ0v) is 33.5. The van der Waals surface area contributed by atoms with Gasteiger partial charge in [0.25, 0.3) is 0 Å². The second-order valence-corrected chi connectivity index (χ2v) is 14.9. The fourth-order valence-electron chi connectivity index (χ4n) is 7.42. The lowest BCUT2D eigenvalue weighted by molar-refractivity contribution is 1.07. The summed E-state index contributed by atoms with van der Waals surface area (Å²) in [5.41, 5.74) is 11.6. The predicted molar refractivity (Wildman–Crippen MR) is 247 cm³/mol. The number of benzene rings is 8.